The van der Waals surface area contributed by atoms with Crippen LogP contribution >= 0.6 is 0 Å². The van der Waals surface area contributed by atoms with E-state index in [0.717, 1.165) is 0 Å². The molecule has 148 valence electrons. The third-order valence-electron chi connectivity index (χ3n) is 3.54. The Balaban J connectivity index is -0.000000503. The molecule has 0 saturated carbocycles. The zero-order chi connectivity index (χ0) is 21.2. The summed E-state index contributed by atoms with van der Waals surface area (Å²) in [6.07, 6.45) is -1.20. The largest absolute Gasteiger partial charge is 0.386 e. The van der Waals surface area contributed by atoms with Gasteiger partial charge in [0.05, 0.1) is 0 Å². The van der Waals surface area contributed by atoms with Crippen molar-refractivity contribution < 1.29 is 35.5 Å². The van der Waals surface area contributed by atoms with Gasteiger partial charge in [-0.05, 0) is 6.42 Å². The normalized spacial score (nSPS) is 13.0. The second-order valence-corrected chi connectivity index (χ2v) is 5.95. The summed E-state index contributed by atoms with van der Waals surface area (Å²) < 4.78 is 0. The van der Waals surface area contributed by atoms with Gasteiger partial charge in [-0.1, -0.05) is 6.92 Å². The first kappa shape index (κ1) is 27.0. The van der Waals surface area contributed by atoms with E-state index >= 15 is 0 Å². The van der Waals surface area contributed by atoms with E-state index in [0.29, 0.717) is 0 Å². The molecule has 0 aromatic rings. The summed E-state index contributed by atoms with van der Waals surface area (Å²) in [4.78, 5) is 37.3. The first-order valence-corrected chi connectivity index (χ1v) is 6.54. The topological polar surface area (TPSA) is 233 Å². The number of nitro groups is 2. The van der Waals surface area contributed by atoms with E-state index in [4.69, 9.17) is 30.6 Å². The summed E-state index contributed by atoms with van der Waals surface area (Å²) in [6.45, 7) is 7.13. The zero-order valence-corrected chi connectivity index (χ0v) is 14.3. The first-order chi connectivity index (χ1) is 10.9. The molecule has 0 aromatic carbocycles. The quantitative estimate of drug-likeness (QED) is 0.434. The molecule has 3 N–H and O–H groups in total. The van der Waals surface area contributed by atoms with Gasteiger partial charge in [0, 0.05) is 43.5 Å². The maximum Gasteiger partial charge on any atom is 0.291 e. The van der Waals surface area contributed by atoms with Gasteiger partial charge in [0.15, 0.2) is 0 Å². The number of nitrogens with zero attached hydrogens (tertiary/aromatic N) is 4. The standard InChI is InChI=1S/C10H20N2O5.2HNO3/c1-7(9(2,3)11(14)15)6-8(13)10(4,5)12(16)17;2*2-1(3)4/h7-8,13H,6H2,1-5H3;2*(H,2,3,4). The van der Waals surface area contributed by atoms with Crippen molar-refractivity contribution in [1.82, 2.24) is 0 Å². The fraction of sp³-hybridized carbons (Fsp3) is 1.00. The molecule has 0 aliphatic rings. The number of rotatable bonds is 6. The molecule has 15 nitrogen and oxygen atoms in total. The van der Waals surface area contributed by atoms with Crippen LogP contribution in [-0.2, 0) is 0 Å². The van der Waals surface area contributed by atoms with Crippen molar-refractivity contribution in [3.63, 3.8) is 0 Å². The van der Waals surface area contributed by atoms with E-state index in [1.54, 1.807) is 6.92 Å². The SMILES string of the molecule is CC(CC(O)C(C)(C)[N+](=O)[O-])C(C)(C)[N+](=O)[O-].O=[N+]([O-])O.O=[N+]([O-])O. The Morgan fingerprint density at radius 1 is 0.800 bits per heavy atom. The molecular formula is C10H22N4O11. The van der Waals surface area contributed by atoms with Gasteiger partial charge < -0.3 is 15.5 Å². The number of hydrogen-bond donors (Lipinski definition) is 3. The van der Waals surface area contributed by atoms with Crippen LogP contribution in [-0.4, -0.2) is 52.7 Å². The van der Waals surface area contributed by atoms with Crippen LogP contribution in [0.5, 0.6) is 0 Å². The van der Waals surface area contributed by atoms with Crippen molar-refractivity contribution in [3.8, 4) is 0 Å². The van der Waals surface area contributed by atoms with Crippen LogP contribution in [0, 0.1) is 46.4 Å². The van der Waals surface area contributed by atoms with Gasteiger partial charge in [0.1, 0.15) is 6.10 Å². The number of aliphatic hydroxyl groups is 1. The molecule has 0 saturated heterocycles. The van der Waals surface area contributed by atoms with Crippen LogP contribution in [0.25, 0.3) is 0 Å². The van der Waals surface area contributed by atoms with Crippen molar-refractivity contribution in [3.05, 3.63) is 40.5 Å². The van der Waals surface area contributed by atoms with Crippen molar-refractivity contribution in [1.29, 1.82) is 0 Å². The Kier molecular flexibility index (Phi) is 11.7. The number of hydrogen-bond acceptors (Lipinski definition) is 9. The van der Waals surface area contributed by atoms with Gasteiger partial charge in [-0.2, -0.15) is 0 Å². The van der Waals surface area contributed by atoms with Crippen molar-refractivity contribution in [2.45, 2.75) is 58.2 Å². The maximum atomic E-state index is 10.8. The maximum absolute atomic E-state index is 10.8. The van der Waals surface area contributed by atoms with Gasteiger partial charge in [-0.3, -0.25) is 20.2 Å². The summed E-state index contributed by atoms with van der Waals surface area (Å²) in [6, 6.07) is 0. The summed E-state index contributed by atoms with van der Waals surface area (Å²) in [5.41, 5.74) is -2.71. The van der Waals surface area contributed by atoms with E-state index in [9.17, 15) is 25.3 Å². The lowest BCUT2D eigenvalue weighted by Gasteiger charge is -2.28. The van der Waals surface area contributed by atoms with Crippen LogP contribution in [0.4, 0.5) is 0 Å². The highest BCUT2D eigenvalue weighted by molar-refractivity contribution is 4.84. The van der Waals surface area contributed by atoms with E-state index in [-0.39, 0.29) is 6.42 Å². The van der Waals surface area contributed by atoms with E-state index in [1.807, 2.05) is 0 Å². The summed E-state index contributed by atoms with van der Waals surface area (Å²) in [7, 11) is 0. The molecule has 0 amide bonds. The minimum Gasteiger partial charge on any atom is -0.386 e. The second kappa shape index (κ2) is 10.8. The van der Waals surface area contributed by atoms with Crippen molar-refractivity contribution in [2.24, 2.45) is 5.92 Å². The van der Waals surface area contributed by atoms with Crippen molar-refractivity contribution in [2.75, 3.05) is 0 Å². The van der Waals surface area contributed by atoms with Gasteiger partial charge in [0.2, 0.25) is 11.1 Å². The van der Waals surface area contributed by atoms with Crippen LogP contribution in [0.15, 0.2) is 0 Å². The molecule has 2 unspecified atom stereocenters. The number of aliphatic hydroxyl groups excluding tert-OH is 1. The average Bonchev–Trinajstić information content (AvgIpc) is 2.36. The molecule has 2 atom stereocenters. The molecular weight excluding hydrogens is 352 g/mol. The first-order valence-electron chi connectivity index (χ1n) is 6.54. The van der Waals surface area contributed by atoms with Crippen LogP contribution in [0.2, 0.25) is 0 Å². The second-order valence-electron chi connectivity index (χ2n) is 5.95. The smallest absolute Gasteiger partial charge is 0.291 e. The van der Waals surface area contributed by atoms with Gasteiger partial charge in [-0.15, -0.1) is 20.2 Å². The molecule has 25 heavy (non-hydrogen) atoms. The van der Waals surface area contributed by atoms with Crippen molar-refractivity contribution >= 4 is 0 Å². The third-order valence-corrected chi connectivity index (χ3v) is 3.54. The predicted octanol–water partition coefficient (Wildman–Crippen LogP) is 0.789. The lowest BCUT2D eigenvalue weighted by atomic mass is 9.81. The molecule has 0 rings (SSSR count). The molecule has 0 spiro atoms. The Hall–Kier alpha value is -2.84. The van der Waals surface area contributed by atoms with Crippen LogP contribution in [0.3, 0.4) is 0 Å². The summed E-state index contributed by atoms with van der Waals surface area (Å²) in [5, 5.41) is 58.6. The monoisotopic (exact) mass is 374 g/mol. The third kappa shape index (κ3) is 12.3. The molecule has 0 aliphatic carbocycles. The minimum atomic E-state index is -1.50. The van der Waals surface area contributed by atoms with E-state index in [2.05, 4.69) is 0 Å². The highest BCUT2D eigenvalue weighted by Gasteiger charge is 2.45. The lowest BCUT2D eigenvalue weighted by Crippen LogP contribution is -2.47. The Morgan fingerprint density at radius 2 is 1.04 bits per heavy atom. The van der Waals surface area contributed by atoms with E-state index in [1.165, 1.54) is 27.7 Å². The highest BCUT2D eigenvalue weighted by Crippen LogP contribution is 2.28. The molecule has 15 heteroatoms. The van der Waals surface area contributed by atoms with E-state index < -0.39 is 43.1 Å². The fourth-order valence-corrected chi connectivity index (χ4v) is 1.21. The minimum absolute atomic E-state index is 0.0158. The molecule has 0 heterocycles. The predicted molar refractivity (Wildman–Crippen MR) is 79.5 cm³/mol. The lowest BCUT2D eigenvalue weighted by molar-refractivity contribution is -0.742. The molecule has 0 radical (unpaired) electrons. The average molecular weight is 374 g/mol. The molecule has 0 aliphatic heterocycles. The molecule has 0 fully saturated rings. The Labute approximate surface area is 141 Å². The summed E-state index contributed by atoms with van der Waals surface area (Å²) >= 11 is 0. The summed E-state index contributed by atoms with van der Waals surface area (Å²) in [5.74, 6) is -0.466. The van der Waals surface area contributed by atoms with Gasteiger partial charge >= 0.3 is 0 Å². The zero-order valence-electron chi connectivity index (χ0n) is 14.3. The Morgan fingerprint density at radius 3 is 1.24 bits per heavy atom. The fourth-order valence-electron chi connectivity index (χ4n) is 1.21. The van der Waals surface area contributed by atoms with Crippen LogP contribution in [0.1, 0.15) is 41.0 Å². The Bertz CT molecular complexity index is 429. The highest BCUT2D eigenvalue weighted by atomic mass is 16.9. The van der Waals surface area contributed by atoms with Crippen LogP contribution < -0.4 is 0 Å². The van der Waals surface area contributed by atoms with Gasteiger partial charge in [0.25, 0.3) is 10.2 Å². The molecule has 0 aromatic heterocycles. The molecule has 0 bridgehead atoms. The van der Waals surface area contributed by atoms with Gasteiger partial charge in [-0.25, -0.2) is 0 Å².